The summed E-state index contributed by atoms with van der Waals surface area (Å²) in [6, 6.07) is 3.64. The maximum absolute atomic E-state index is 13.2. The van der Waals surface area contributed by atoms with Gasteiger partial charge in [-0.3, -0.25) is 14.7 Å². The van der Waals surface area contributed by atoms with Crippen LogP contribution in [0.4, 0.5) is 8.78 Å². The highest BCUT2D eigenvalue weighted by molar-refractivity contribution is 5.92. The quantitative estimate of drug-likeness (QED) is 0.841. The molecule has 25 heavy (non-hydrogen) atoms. The molecule has 1 aromatic rings. The van der Waals surface area contributed by atoms with Crippen LogP contribution in [0.15, 0.2) is 30.6 Å². The number of hydrogen-bond acceptors (Lipinski definition) is 4. The largest absolute Gasteiger partial charge is 0.387 e. The lowest BCUT2D eigenvalue weighted by atomic mass is 10.00. The number of carbonyl (C=O) groups is 1. The number of amides is 1. The normalized spacial score (nSPS) is 27.1. The van der Waals surface area contributed by atoms with Crippen LogP contribution in [0.1, 0.15) is 24.8 Å². The molecule has 0 saturated carbocycles. The minimum absolute atomic E-state index is 0.162. The SMILES string of the molecule is O=C(/C=C/c1cccnc1)N1CCC(O)(CN2CCC(F)(F)CC2)C1. The van der Waals surface area contributed by atoms with Gasteiger partial charge in [-0.25, -0.2) is 8.78 Å². The van der Waals surface area contributed by atoms with E-state index in [1.165, 1.54) is 6.08 Å². The van der Waals surface area contributed by atoms with Crippen molar-refractivity contribution in [1.29, 1.82) is 0 Å². The molecule has 2 aliphatic rings. The van der Waals surface area contributed by atoms with Crippen LogP contribution in [-0.4, -0.2) is 70.0 Å². The molecule has 2 aliphatic heterocycles. The van der Waals surface area contributed by atoms with Gasteiger partial charge in [0.05, 0.1) is 12.1 Å². The Balaban J connectivity index is 1.52. The van der Waals surface area contributed by atoms with Gasteiger partial charge in [-0.05, 0) is 24.1 Å². The molecule has 1 unspecified atom stereocenters. The summed E-state index contributed by atoms with van der Waals surface area (Å²) in [5, 5.41) is 10.7. The van der Waals surface area contributed by atoms with Crippen molar-refractivity contribution in [1.82, 2.24) is 14.8 Å². The molecule has 0 aliphatic carbocycles. The molecule has 2 fully saturated rings. The zero-order valence-corrected chi connectivity index (χ0v) is 14.1. The summed E-state index contributed by atoms with van der Waals surface area (Å²) < 4.78 is 26.5. The fourth-order valence-electron chi connectivity index (χ4n) is 3.38. The molecular formula is C18H23F2N3O2. The molecule has 2 saturated heterocycles. The number of β-amino-alcohol motifs (C(OH)–C–C–N with tert-alkyl or cyclic N) is 1. The van der Waals surface area contributed by atoms with E-state index < -0.39 is 11.5 Å². The van der Waals surface area contributed by atoms with Crippen molar-refractivity contribution in [2.75, 3.05) is 32.7 Å². The third-order valence-electron chi connectivity index (χ3n) is 4.85. The number of rotatable bonds is 4. The number of hydrogen-bond donors (Lipinski definition) is 1. The van der Waals surface area contributed by atoms with Crippen molar-refractivity contribution in [2.45, 2.75) is 30.8 Å². The molecule has 0 radical (unpaired) electrons. The molecule has 0 aromatic carbocycles. The van der Waals surface area contributed by atoms with E-state index >= 15 is 0 Å². The average molecular weight is 351 g/mol. The van der Waals surface area contributed by atoms with Crippen LogP contribution in [0.25, 0.3) is 6.08 Å². The first-order valence-corrected chi connectivity index (χ1v) is 8.55. The number of piperidine rings is 1. The van der Waals surface area contributed by atoms with Gasteiger partial charge in [0.25, 0.3) is 5.92 Å². The summed E-state index contributed by atoms with van der Waals surface area (Å²) >= 11 is 0. The molecule has 5 nitrogen and oxygen atoms in total. The number of aliphatic hydroxyl groups is 1. The number of halogens is 2. The fraction of sp³-hybridized carbons (Fsp3) is 0.556. The van der Waals surface area contributed by atoms with Crippen molar-refractivity contribution >= 4 is 12.0 Å². The second kappa shape index (κ2) is 7.17. The van der Waals surface area contributed by atoms with Crippen LogP contribution in [0, 0.1) is 0 Å². The van der Waals surface area contributed by atoms with Crippen molar-refractivity contribution in [3.05, 3.63) is 36.2 Å². The van der Waals surface area contributed by atoms with Gasteiger partial charge < -0.3 is 10.0 Å². The van der Waals surface area contributed by atoms with Gasteiger partial charge in [0.1, 0.15) is 0 Å². The van der Waals surface area contributed by atoms with E-state index in [1.54, 1.807) is 29.4 Å². The average Bonchev–Trinajstić information content (AvgIpc) is 2.98. The monoisotopic (exact) mass is 351 g/mol. The predicted octanol–water partition coefficient (Wildman–Crippen LogP) is 1.79. The molecule has 7 heteroatoms. The zero-order chi connectivity index (χ0) is 17.9. The van der Waals surface area contributed by atoms with Gasteiger partial charge in [-0.2, -0.15) is 0 Å². The van der Waals surface area contributed by atoms with E-state index in [0.717, 1.165) is 5.56 Å². The summed E-state index contributed by atoms with van der Waals surface area (Å²) in [4.78, 5) is 19.7. The van der Waals surface area contributed by atoms with Gasteiger partial charge in [0, 0.05) is 57.5 Å². The third kappa shape index (κ3) is 4.83. The molecule has 1 amide bonds. The maximum Gasteiger partial charge on any atom is 0.250 e. The Morgan fingerprint density at radius 3 is 2.72 bits per heavy atom. The molecule has 1 aromatic heterocycles. The van der Waals surface area contributed by atoms with E-state index in [1.807, 2.05) is 11.0 Å². The molecule has 3 heterocycles. The summed E-state index contributed by atoms with van der Waals surface area (Å²) in [5.41, 5.74) is -0.190. The van der Waals surface area contributed by atoms with Crippen molar-refractivity contribution < 1.29 is 18.7 Å². The predicted molar refractivity (Wildman–Crippen MR) is 90.0 cm³/mol. The first kappa shape index (κ1) is 17.9. The fourth-order valence-corrected chi connectivity index (χ4v) is 3.38. The van der Waals surface area contributed by atoms with Gasteiger partial charge in [0.2, 0.25) is 5.91 Å². The number of pyridine rings is 1. The summed E-state index contributed by atoms with van der Waals surface area (Å²) in [7, 11) is 0. The Bertz CT molecular complexity index is 628. The highest BCUT2D eigenvalue weighted by Crippen LogP contribution is 2.30. The van der Waals surface area contributed by atoms with Gasteiger partial charge in [-0.1, -0.05) is 6.07 Å². The number of aromatic nitrogens is 1. The van der Waals surface area contributed by atoms with Crippen molar-refractivity contribution in [2.24, 2.45) is 0 Å². The lowest BCUT2D eigenvalue weighted by Crippen LogP contribution is -2.49. The molecule has 3 rings (SSSR count). The third-order valence-corrected chi connectivity index (χ3v) is 4.85. The number of alkyl halides is 2. The molecule has 1 N–H and O–H groups in total. The first-order chi connectivity index (χ1) is 11.9. The Labute approximate surface area is 146 Å². The van der Waals surface area contributed by atoms with E-state index in [0.29, 0.717) is 19.5 Å². The van der Waals surface area contributed by atoms with Crippen LogP contribution in [0.5, 0.6) is 0 Å². The molecular weight excluding hydrogens is 328 g/mol. The van der Waals surface area contributed by atoms with Gasteiger partial charge in [-0.15, -0.1) is 0 Å². The summed E-state index contributed by atoms with van der Waals surface area (Å²) in [5.74, 6) is -2.75. The minimum Gasteiger partial charge on any atom is -0.387 e. The standard InChI is InChI=1S/C18H23F2N3O2/c19-18(20)6-9-22(10-7-18)13-17(25)5-11-23(14-17)16(24)4-3-15-2-1-8-21-12-15/h1-4,8,12,25H,5-7,9-11,13-14H2/b4-3+. The van der Waals surface area contributed by atoms with Crippen molar-refractivity contribution in [3.63, 3.8) is 0 Å². The first-order valence-electron chi connectivity index (χ1n) is 8.55. The second-order valence-electron chi connectivity index (χ2n) is 6.99. The second-order valence-corrected chi connectivity index (χ2v) is 6.99. The number of likely N-dealkylation sites (tertiary alicyclic amines) is 2. The Hall–Kier alpha value is -1.86. The number of carbonyl (C=O) groups excluding carboxylic acids is 1. The number of nitrogens with zero attached hydrogens (tertiary/aromatic N) is 3. The van der Waals surface area contributed by atoms with Crippen LogP contribution >= 0.6 is 0 Å². The van der Waals surface area contributed by atoms with E-state index in [4.69, 9.17) is 0 Å². The molecule has 136 valence electrons. The Morgan fingerprint density at radius 2 is 2.04 bits per heavy atom. The smallest absolute Gasteiger partial charge is 0.250 e. The van der Waals surface area contributed by atoms with E-state index in [9.17, 15) is 18.7 Å². The Kier molecular flexibility index (Phi) is 5.15. The van der Waals surface area contributed by atoms with Crippen LogP contribution < -0.4 is 0 Å². The van der Waals surface area contributed by atoms with E-state index in [-0.39, 0.29) is 38.4 Å². The lowest BCUT2D eigenvalue weighted by molar-refractivity contribution is -0.126. The lowest BCUT2D eigenvalue weighted by Gasteiger charge is -2.36. The highest BCUT2D eigenvalue weighted by Gasteiger charge is 2.41. The van der Waals surface area contributed by atoms with Crippen LogP contribution in [0.3, 0.4) is 0 Å². The Morgan fingerprint density at radius 1 is 1.28 bits per heavy atom. The van der Waals surface area contributed by atoms with Gasteiger partial charge >= 0.3 is 0 Å². The minimum atomic E-state index is -2.59. The van der Waals surface area contributed by atoms with E-state index in [2.05, 4.69) is 4.98 Å². The van der Waals surface area contributed by atoms with Gasteiger partial charge in [0.15, 0.2) is 0 Å². The highest BCUT2D eigenvalue weighted by atomic mass is 19.3. The topological polar surface area (TPSA) is 56.7 Å². The van der Waals surface area contributed by atoms with Crippen molar-refractivity contribution in [3.8, 4) is 0 Å². The zero-order valence-electron chi connectivity index (χ0n) is 14.1. The molecule has 0 spiro atoms. The molecule has 0 bridgehead atoms. The summed E-state index contributed by atoms with van der Waals surface area (Å²) in [6.45, 7) is 1.60. The van der Waals surface area contributed by atoms with Crippen LogP contribution in [0.2, 0.25) is 0 Å². The maximum atomic E-state index is 13.2. The summed E-state index contributed by atoms with van der Waals surface area (Å²) in [6.07, 6.45) is 6.63. The molecule has 1 atom stereocenters. The van der Waals surface area contributed by atoms with Crippen LogP contribution in [-0.2, 0) is 4.79 Å².